The Kier molecular flexibility index (Phi) is 4.55. The average Bonchev–Trinajstić information content (AvgIpc) is 2.33. The molecule has 4 heteroatoms. The van der Waals surface area contributed by atoms with E-state index in [4.69, 9.17) is 27.9 Å². The predicted octanol–water partition coefficient (Wildman–Crippen LogP) is 5.99. The average molecular weight is 346 g/mol. The Balaban J connectivity index is 2.26. The number of ether oxygens (including phenoxy) is 1. The first-order valence-corrected chi connectivity index (χ1v) is 7.26. The van der Waals surface area contributed by atoms with Crippen molar-refractivity contribution in [3.63, 3.8) is 0 Å². The first kappa shape index (κ1) is 13.7. The maximum atomic E-state index is 6.13. The van der Waals surface area contributed by atoms with Gasteiger partial charge in [-0.3, -0.25) is 0 Å². The van der Waals surface area contributed by atoms with E-state index in [1.165, 1.54) is 0 Å². The number of rotatable bonds is 3. The lowest BCUT2D eigenvalue weighted by molar-refractivity contribution is 0.479. The fourth-order valence-corrected chi connectivity index (χ4v) is 2.67. The molecule has 0 radical (unpaired) electrons. The lowest BCUT2D eigenvalue weighted by Crippen LogP contribution is -1.89. The molecule has 0 N–H and O–H groups in total. The fraction of sp³-hybridized carbons (Fsp3) is 0.143. The van der Waals surface area contributed by atoms with Crippen LogP contribution in [0.25, 0.3) is 0 Å². The van der Waals surface area contributed by atoms with Crippen LogP contribution < -0.4 is 4.74 Å². The van der Waals surface area contributed by atoms with E-state index in [0.717, 1.165) is 28.0 Å². The Morgan fingerprint density at radius 1 is 1.11 bits per heavy atom. The molecule has 0 aromatic heterocycles. The van der Waals surface area contributed by atoms with Gasteiger partial charge in [-0.2, -0.15) is 0 Å². The minimum atomic E-state index is 0.691. The molecule has 2 rings (SSSR count). The maximum absolute atomic E-state index is 6.13. The van der Waals surface area contributed by atoms with Crippen molar-refractivity contribution < 1.29 is 4.74 Å². The Labute approximate surface area is 125 Å². The second-order valence-electron chi connectivity index (χ2n) is 3.90. The van der Waals surface area contributed by atoms with Crippen LogP contribution in [0, 0.1) is 6.92 Å². The third kappa shape index (κ3) is 3.19. The zero-order chi connectivity index (χ0) is 13.1. The highest BCUT2D eigenvalue weighted by Gasteiger charge is 2.05. The molecule has 0 saturated carbocycles. The van der Waals surface area contributed by atoms with Crippen LogP contribution in [0.5, 0.6) is 11.5 Å². The van der Waals surface area contributed by atoms with Gasteiger partial charge >= 0.3 is 0 Å². The topological polar surface area (TPSA) is 9.23 Å². The van der Waals surface area contributed by atoms with Gasteiger partial charge < -0.3 is 4.74 Å². The van der Waals surface area contributed by atoms with Crippen LogP contribution >= 0.6 is 39.1 Å². The molecule has 94 valence electrons. The molecule has 0 aliphatic rings. The molecule has 0 spiro atoms. The van der Waals surface area contributed by atoms with Crippen LogP contribution in [-0.2, 0) is 5.33 Å². The van der Waals surface area contributed by atoms with E-state index in [-0.39, 0.29) is 0 Å². The van der Waals surface area contributed by atoms with Gasteiger partial charge in [0.1, 0.15) is 11.5 Å². The van der Waals surface area contributed by atoms with Gasteiger partial charge in [0.2, 0.25) is 0 Å². The molecule has 0 unspecified atom stereocenters. The molecule has 2 aromatic carbocycles. The molecular weight excluding hydrogens is 335 g/mol. The summed E-state index contributed by atoms with van der Waals surface area (Å²) < 4.78 is 5.79. The summed E-state index contributed by atoms with van der Waals surface area (Å²) in [6.07, 6.45) is 0. The number of hydrogen-bond acceptors (Lipinski definition) is 1. The van der Waals surface area contributed by atoms with Gasteiger partial charge in [0.05, 0.1) is 0 Å². The largest absolute Gasteiger partial charge is 0.457 e. The number of benzene rings is 2. The molecular formula is C14H11BrCl2O. The molecule has 0 aliphatic carbocycles. The van der Waals surface area contributed by atoms with Crippen molar-refractivity contribution in [1.29, 1.82) is 0 Å². The summed E-state index contributed by atoms with van der Waals surface area (Å²) >= 11 is 15.4. The van der Waals surface area contributed by atoms with E-state index in [2.05, 4.69) is 15.9 Å². The highest BCUT2D eigenvalue weighted by atomic mass is 79.9. The summed E-state index contributed by atoms with van der Waals surface area (Å²) in [6, 6.07) is 11.2. The lowest BCUT2D eigenvalue weighted by atomic mass is 10.2. The summed E-state index contributed by atoms with van der Waals surface area (Å²) in [4.78, 5) is 0. The summed E-state index contributed by atoms with van der Waals surface area (Å²) in [5, 5.41) is 2.12. The van der Waals surface area contributed by atoms with Crippen LogP contribution in [0.1, 0.15) is 11.1 Å². The van der Waals surface area contributed by atoms with E-state index in [0.29, 0.717) is 10.0 Å². The third-order valence-corrected chi connectivity index (χ3v) is 3.72. The van der Waals surface area contributed by atoms with E-state index >= 15 is 0 Å². The molecule has 0 saturated heterocycles. The van der Waals surface area contributed by atoms with Crippen molar-refractivity contribution >= 4 is 39.1 Å². The molecule has 0 atom stereocenters. The normalized spacial score (nSPS) is 10.4. The van der Waals surface area contributed by atoms with Crippen molar-refractivity contribution in [2.75, 3.05) is 0 Å². The summed E-state index contributed by atoms with van der Waals surface area (Å²) in [6.45, 7) is 1.95. The number of alkyl halides is 1. The summed E-state index contributed by atoms with van der Waals surface area (Å²) in [5.74, 6) is 1.50. The predicted molar refractivity (Wildman–Crippen MR) is 80.3 cm³/mol. The van der Waals surface area contributed by atoms with Gasteiger partial charge in [-0.1, -0.05) is 45.2 Å². The molecule has 18 heavy (non-hydrogen) atoms. The smallest absolute Gasteiger partial charge is 0.130 e. The minimum Gasteiger partial charge on any atom is -0.457 e. The summed E-state index contributed by atoms with van der Waals surface area (Å²) in [5.41, 5.74) is 2.03. The lowest BCUT2D eigenvalue weighted by Gasteiger charge is -2.10. The van der Waals surface area contributed by atoms with Gasteiger partial charge in [0, 0.05) is 15.4 Å². The van der Waals surface area contributed by atoms with Gasteiger partial charge in [0.15, 0.2) is 0 Å². The number of aryl methyl sites for hydroxylation is 1. The SMILES string of the molecule is Cc1cc(Cl)ccc1Oc1ccc(CBr)c(Cl)c1. The Morgan fingerprint density at radius 2 is 1.89 bits per heavy atom. The monoisotopic (exact) mass is 344 g/mol. The van der Waals surface area contributed by atoms with Crippen LogP contribution in [0.2, 0.25) is 10.0 Å². The van der Waals surface area contributed by atoms with Crippen LogP contribution in [-0.4, -0.2) is 0 Å². The van der Waals surface area contributed by atoms with E-state index in [9.17, 15) is 0 Å². The molecule has 2 aromatic rings. The van der Waals surface area contributed by atoms with Crippen LogP contribution in [0.3, 0.4) is 0 Å². The third-order valence-electron chi connectivity index (χ3n) is 2.53. The number of hydrogen-bond donors (Lipinski definition) is 0. The highest BCUT2D eigenvalue weighted by molar-refractivity contribution is 9.08. The first-order valence-electron chi connectivity index (χ1n) is 5.38. The highest BCUT2D eigenvalue weighted by Crippen LogP contribution is 2.30. The fourth-order valence-electron chi connectivity index (χ4n) is 1.55. The van der Waals surface area contributed by atoms with Crippen molar-refractivity contribution in [2.45, 2.75) is 12.3 Å². The minimum absolute atomic E-state index is 0.691. The quantitative estimate of drug-likeness (QED) is 0.621. The van der Waals surface area contributed by atoms with Crippen LogP contribution in [0.4, 0.5) is 0 Å². The summed E-state index contributed by atoms with van der Waals surface area (Å²) in [7, 11) is 0. The van der Waals surface area contributed by atoms with Crippen molar-refractivity contribution in [2.24, 2.45) is 0 Å². The first-order chi connectivity index (χ1) is 8.60. The van der Waals surface area contributed by atoms with Gasteiger partial charge in [-0.25, -0.2) is 0 Å². The molecule has 0 heterocycles. The molecule has 0 bridgehead atoms. The van der Waals surface area contributed by atoms with Crippen molar-refractivity contribution in [3.8, 4) is 11.5 Å². The van der Waals surface area contributed by atoms with E-state index < -0.39 is 0 Å². The van der Waals surface area contributed by atoms with Gasteiger partial charge in [-0.05, 0) is 48.4 Å². The van der Waals surface area contributed by atoms with E-state index in [1.807, 2.05) is 37.3 Å². The zero-order valence-electron chi connectivity index (χ0n) is 9.71. The maximum Gasteiger partial charge on any atom is 0.130 e. The van der Waals surface area contributed by atoms with Crippen LogP contribution in [0.15, 0.2) is 36.4 Å². The molecule has 0 amide bonds. The Hall–Kier alpha value is -0.700. The van der Waals surface area contributed by atoms with Crippen molar-refractivity contribution in [3.05, 3.63) is 57.6 Å². The van der Waals surface area contributed by atoms with Crippen molar-refractivity contribution in [1.82, 2.24) is 0 Å². The second-order valence-corrected chi connectivity index (χ2v) is 5.30. The zero-order valence-corrected chi connectivity index (χ0v) is 12.8. The Bertz CT molecular complexity index is 570. The van der Waals surface area contributed by atoms with Gasteiger partial charge in [-0.15, -0.1) is 0 Å². The second kappa shape index (κ2) is 5.96. The number of halogens is 3. The molecule has 0 fully saturated rings. The standard InChI is InChI=1S/C14H11BrCl2O/c1-9-6-11(16)3-5-14(9)18-12-4-2-10(8-15)13(17)7-12/h2-7H,8H2,1H3. The molecule has 0 aliphatic heterocycles. The van der Waals surface area contributed by atoms with Gasteiger partial charge in [0.25, 0.3) is 0 Å². The molecule has 1 nitrogen and oxygen atoms in total. The Morgan fingerprint density at radius 3 is 2.50 bits per heavy atom. The van der Waals surface area contributed by atoms with E-state index in [1.54, 1.807) is 6.07 Å².